The summed E-state index contributed by atoms with van der Waals surface area (Å²) in [5.41, 5.74) is 2.29. The van der Waals surface area contributed by atoms with Crippen molar-refractivity contribution in [3.05, 3.63) is 96.3 Å². The summed E-state index contributed by atoms with van der Waals surface area (Å²) < 4.78 is 14.3. The number of nitrogens with zero attached hydrogens (tertiary/aromatic N) is 1. The van der Waals surface area contributed by atoms with E-state index < -0.39 is 16.6 Å². The predicted molar refractivity (Wildman–Crippen MR) is 168 cm³/mol. The van der Waals surface area contributed by atoms with Crippen molar-refractivity contribution in [2.24, 2.45) is 0 Å². The Morgan fingerprint density at radius 3 is 1.82 bits per heavy atom. The summed E-state index contributed by atoms with van der Waals surface area (Å²) in [5.74, 6) is 0. The third-order valence-electron chi connectivity index (χ3n) is 7.97. The zero-order chi connectivity index (χ0) is 28.0. The van der Waals surface area contributed by atoms with Crippen LogP contribution in [0.5, 0.6) is 0 Å². The van der Waals surface area contributed by atoms with Crippen molar-refractivity contribution in [3.8, 4) is 0 Å². The zero-order valence-corrected chi connectivity index (χ0v) is 26.9. The van der Waals surface area contributed by atoms with E-state index in [4.69, 9.17) is 8.85 Å². The highest BCUT2D eigenvalue weighted by Crippen LogP contribution is 2.40. The molecular formula is C33H47NO2Si2. The van der Waals surface area contributed by atoms with E-state index in [2.05, 4.69) is 139 Å². The summed E-state index contributed by atoms with van der Waals surface area (Å²) in [6.07, 6.45) is 6.67. The van der Waals surface area contributed by atoms with Crippen LogP contribution < -0.4 is 10.4 Å². The van der Waals surface area contributed by atoms with Gasteiger partial charge in [0.2, 0.25) is 0 Å². The largest absolute Gasteiger partial charge is 0.417 e. The molecule has 0 aliphatic heterocycles. The third kappa shape index (κ3) is 7.00. The lowest BCUT2D eigenvalue weighted by atomic mass is 10.1. The van der Waals surface area contributed by atoms with Crippen LogP contribution in [-0.2, 0) is 8.85 Å². The van der Waals surface area contributed by atoms with Crippen molar-refractivity contribution >= 4 is 33.1 Å². The minimum Gasteiger partial charge on any atom is -0.417 e. The van der Waals surface area contributed by atoms with E-state index in [1.165, 1.54) is 15.9 Å². The molecule has 0 aliphatic rings. The van der Waals surface area contributed by atoms with Crippen molar-refractivity contribution in [3.63, 3.8) is 0 Å². The molecule has 1 heterocycles. The first-order valence-corrected chi connectivity index (χ1v) is 18.6. The summed E-state index contributed by atoms with van der Waals surface area (Å²) >= 11 is 0. The molecular weight excluding hydrogens is 499 g/mol. The monoisotopic (exact) mass is 545 g/mol. The predicted octanol–water partition coefficient (Wildman–Crippen LogP) is 7.84. The Hall–Kier alpha value is -2.32. The first-order valence-electron chi connectivity index (χ1n) is 13.8. The van der Waals surface area contributed by atoms with Crippen LogP contribution >= 0.6 is 0 Å². The van der Waals surface area contributed by atoms with Crippen LogP contribution in [0.25, 0.3) is 6.08 Å². The SMILES string of the molecule is CC(=Cc1cccnc1)C(CCO[Si](C)(C)C(C)(C)C)O[Si](c1ccccc1)(c1ccccc1)C(C)(C)C. The summed E-state index contributed by atoms with van der Waals surface area (Å²) in [6.45, 7) is 21.4. The Morgan fingerprint density at radius 1 is 0.816 bits per heavy atom. The molecule has 38 heavy (non-hydrogen) atoms. The normalized spacial score (nSPS) is 14.4. The fraction of sp³-hybridized carbons (Fsp3) is 0.424. The van der Waals surface area contributed by atoms with Crippen LogP contribution in [0.1, 0.15) is 60.5 Å². The number of rotatable bonds is 10. The van der Waals surface area contributed by atoms with Gasteiger partial charge >= 0.3 is 0 Å². The van der Waals surface area contributed by atoms with Gasteiger partial charge in [-0.1, -0.05) is 114 Å². The lowest BCUT2D eigenvalue weighted by Gasteiger charge is -2.45. The third-order valence-corrected chi connectivity index (χ3v) is 17.6. The van der Waals surface area contributed by atoms with Crippen LogP contribution in [0.2, 0.25) is 23.2 Å². The zero-order valence-electron chi connectivity index (χ0n) is 24.9. The van der Waals surface area contributed by atoms with Gasteiger partial charge in [0.05, 0.1) is 6.10 Å². The molecule has 0 N–H and O–H groups in total. The minimum atomic E-state index is -2.73. The van der Waals surface area contributed by atoms with Gasteiger partial charge in [-0.05, 0) is 64.1 Å². The molecule has 0 bridgehead atoms. The average Bonchev–Trinajstić information content (AvgIpc) is 2.86. The molecule has 1 aromatic heterocycles. The van der Waals surface area contributed by atoms with Gasteiger partial charge in [0.25, 0.3) is 8.32 Å². The molecule has 5 heteroatoms. The molecule has 0 radical (unpaired) electrons. The van der Waals surface area contributed by atoms with Crippen LogP contribution in [0.15, 0.2) is 90.8 Å². The first-order chi connectivity index (χ1) is 17.8. The Labute approximate surface area is 233 Å². The molecule has 0 amide bonds. The van der Waals surface area contributed by atoms with E-state index in [1.807, 2.05) is 18.5 Å². The summed E-state index contributed by atoms with van der Waals surface area (Å²) in [6, 6.07) is 25.9. The maximum atomic E-state index is 7.59. The Kier molecular flexibility index (Phi) is 9.74. The maximum absolute atomic E-state index is 7.59. The van der Waals surface area contributed by atoms with Crippen LogP contribution in [0, 0.1) is 0 Å². The standard InChI is InChI=1S/C33H47NO2Si2/c1-27(25-28-17-16-23-34-26-28)31(22-24-35-37(8,9)32(2,3)4)36-38(33(5,6)7,29-18-12-10-13-19-29)30-20-14-11-15-21-30/h10-21,23,25-26,31H,22,24H2,1-9H3. The molecule has 0 fully saturated rings. The molecule has 1 atom stereocenters. The molecule has 0 aliphatic carbocycles. The molecule has 0 saturated carbocycles. The first kappa shape index (κ1) is 30.2. The number of pyridine rings is 1. The summed E-state index contributed by atoms with van der Waals surface area (Å²) in [4.78, 5) is 4.33. The molecule has 2 aromatic carbocycles. The molecule has 0 saturated heterocycles. The van der Waals surface area contributed by atoms with Gasteiger partial charge in [0.15, 0.2) is 8.32 Å². The van der Waals surface area contributed by atoms with Gasteiger partial charge in [0, 0.05) is 19.0 Å². The smallest absolute Gasteiger partial charge is 0.261 e. The lowest BCUT2D eigenvalue weighted by molar-refractivity contribution is 0.173. The fourth-order valence-electron chi connectivity index (χ4n) is 4.74. The molecule has 3 nitrogen and oxygen atoms in total. The average molecular weight is 546 g/mol. The molecule has 1 unspecified atom stereocenters. The van der Waals surface area contributed by atoms with E-state index in [0.29, 0.717) is 6.61 Å². The second-order valence-electron chi connectivity index (χ2n) is 12.8. The quantitative estimate of drug-likeness (QED) is 0.243. The summed E-state index contributed by atoms with van der Waals surface area (Å²) in [7, 11) is -4.60. The van der Waals surface area contributed by atoms with Gasteiger partial charge in [-0.15, -0.1) is 0 Å². The van der Waals surface area contributed by atoms with Gasteiger partial charge in [-0.3, -0.25) is 4.98 Å². The van der Waals surface area contributed by atoms with Crippen LogP contribution in [0.4, 0.5) is 0 Å². The van der Waals surface area contributed by atoms with Crippen LogP contribution in [0.3, 0.4) is 0 Å². The van der Waals surface area contributed by atoms with E-state index in [1.54, 1.807) is 0 Å². The number of benzene rings is 2. The van der Waals surface area contributed by atoms with Crippen molar-refractivity contribution in [1.29, 1.82) is 0 Å². The van der Waals surface area contributed by atoms with Crippen molar-refractivity contribution in [2.75, 3.05) is 6.61 Å². The van der Waals surface area contributed by atoms with Crippen molar-refractivity contribution in [1.82, 2.24) is 4.98 Å². The van der Waals surface area contributed by atoms with Gasteiger partial charge < -0.3 is 8.85 Å². The highest BCUT2D eigenvalue weighted by Gasteiger charge is 2.51. The lowest BCUT2D eigenvalue weighted by Crippen LogP contribution is -2.67. The Balaban J connectivity index is 2.10. The van der Waals surface area contributed by atoms with E-state index >= 15 is 0 Å². The summed E-state index contributed by atoms with van der Waals surface area (Å²) in [5, 5.41) is 2.66. The number of aromatic nitrogens is 1. The Bertz CT molecular complexity index is 1120. The minimum absolute atomic E-state index is 0.0914. The highest BCUT2D eigenvalue weighted by atomic mass is 28.4. The second kappa shape index (κ2) is 12.2. The fourth-order valence-corrected chi connectivity index (χ4v) is 10.5. The van der Waals surface area contributed by atoms with E-state index in [0.717, 1.165) is 12.0 Å². The maximum Gasteiger partial charge on any atom is 0.261 e. The number of hydrogen-bond donors (Lipinski definition) is 0. The second-order valence-corrected chi connectivity index (χ2v) is 21.9. The van der Waals surface area contributed by atoms with Crippen LogP contribution in [-0.4, -0.2) is 34.3 Å². The molecule has 3 aromatic rings. The molecule has 204 valence electrons. The molecule has 0 spiro atoms. The van der Waals surface area contributed by atoms with Crippen molar-refractivity contribution in [2.45, 2.75) is 84.2 Å². The number of hydrogen-bond acceptors (Lipinski definition) is 3. The van der Waals surface area contributed by atoms with Gasteiger partial charge in [0.1, 0.15) is 0 Å². The van der Waals surface area contributed by atoms with E-state index in [-0.39, 0.29) is 16.2 Å². The molecule has 3 rings (SSSR count). The van der Waals surface area contributed by atoms with Gasteiger partial charge in [-0.25, -0.2) is 0 Å². The topological polar surface area (TPSA) is 31.4 Å². The Morgan fingerprint density at radius 2 is 1.37 bits per heavy atom. The van der Waals surface area contributed by atoms with E-state index in [9.17, 15) is 0 Å². The van der Waals surface area contributed by atoms with Gasteiger partial charge in [-0.2, -0.15) is 0 Å². The highest BCUT2D eigenvalue weighted by molar-refractivity contribution is 6.99. The van der Waals surface area contributed by atoms with Crippen molar-refractivity contribution < 1.29 is 8.85 Å².